The smallest absolute Gasteiger partial charge is 0.256 e. The van der Waals surface area contributed by atoms with Crippen molar-refractivity contribution in [2.45, 2.75) is 63.4 Å². The zero-order valence-corrected chi connectivity index (χ0v) is 18.8. The van der Waals surface area contributed by atoms with E-state index in [-0.39, 0.29) is 17.0 Å². The summed E-state index contributed by atoms with van der Waals surface area (Å²) in [5.41, 5.74) is 6.75. The van der Waals surface area contributed by atoms with Crippen molar-refractivity contribution in [1.82, 2.24) is 4.90 Å². The Labute approximate surface area is 168 Å². The van der Waals surface area contributed by atoms with Gasteiger partial charge in [-0.1, -0.05) is 13.8 Å². The molecule has 0 aliphatic carbocycles. The molecular formula is C20H34N2O5Si. The molecule has 0 bridgehead atoms. The summed E-state index contributed by atoms with van der Waals surface area (Å²) in [6.45, 7) is 8.42. The molecule has 0 unspecified atom stereocenters. The van der Waals surface area contributed by atoms with E-state index in [9.17, 15) is 14.7 Å². The Hall–Kier alpha value is -1.77. The molecule has 1 heterocycles. The number of hydrogen-bond acceptors (Lipinski definition) is 6. The molecule has 1 aromatic rings. The van der Waals surface area contributed by atoms with Gasteiger partial charge in [0.1, 0.15) is 0 Å². The van der Waals surface area contributed by atoms with Gasteiger partial charge in [0.05, 0.1) is 31.9 Å². The Morgan fingerprint density at radius 1 is 1.29 bits per heavy atom. The minimum atomic E-state index is -2.36. The molecule has 2 rings (SSSR count). The topological polar surface area (TPSA) is 105 Å². The number of aliphatic hydroxyl groups excluding tert-OH is 1. The van der Waals surface area contributed by atoms with Gasteiger partial charge in [-0.15, -0.1) is 0 Å². The molecule has 1 aromatic carbocycles. The lowest BCUT2D eigenvalue weighted by atomic mass is 9.98. The van der Waals surface area contributed by atoms with Crippen molar-refractivity contribution in [2.75, 3.05) is 26.5 Å². The molecule has 7 nitrogen and oxygen atoms in total. The van der Waals surface area contributed by atoms with Gasteiger partial charge in [0, 0.05) is 18.3 Å². The molecule has 0 spiro atoms. The maximum absolute atomic E-state index is 13.2. The van der Waals surface area contributed by atoms with Gasteiger partial charge in [0.15, 0.2) is 19.8 Å². The number of anilines is 1. The van der Waals surface area contributed by atoms with E-state index in [0.717, 1.165) is 6.42 Å². The zero-order valence-electron chi connectivity index (χ0n) is 17.8. The van der Waals surface area contributed by atoms with Gasteiger partial charge in [0.25, 0.3) is 5.91 Å². The number of nitrogen functional groups attached to an aromatic ring is 1. The number of carbonyl (C=O) groups is 1. The summed E-state index contributed by atoms with van der Waals surface area (Å²) < 4.78 is 10.5. The van der Waals surface area contributed by atoms with Crippen molar-refractivity contribution >= 4 is 19.9 Å². The second kappa shape index (κ2) is 8.30. The fourth-order valence-electron chi connectivity index (χ4n) is 3.49. The van der Waals surface area contributed by atoms with Crippen LogP contribution in [0.15, 0.2) is 12.1 Å². The van der Waals surface area contributed by atoms with E-state index >= 15 is 0 Å². The maximum Gasteiger partial charge on any atom is 0.256 e. The molecule has 1 saturated heterocycles. The number of aliphatic hydroxyl groups is 1. The first kappa shape index (κ1) is 22.5. The largest absolute Gasteiger partial charge is 0.493 e. The Kier molecular flexibility index (Phi) is 6.68. The molecule has 158 valence electrons. The lowest BCUT2D eigenvalue weighted by Crippen LogP contribution is -2.43. The second-order valence-electron chi connectivity index (χ2n) is 8.70. The number of nitrogens with zero attached hydrogens (tertiary/aromatic N) is 1. The number of methoxy groups -OCH3 is 2. The Morgan fingerprint density at radius 3 is 2.39 bits per heavy atom. The highest BCUT2D eigenvalue weighted by Gasteiger charge is 2.42. The highest BCUT2D eigenvalue weighted by molar-refractivity contribution is 6.72. The Morgan fingerprint density at radius 2 is 1.86 bits per heavy atom. The van der Waals surface area contributed by atoms with Crippen LogP contribution in [0.2, 0.25) is 18.1 Å². The van der Waals surface area contributed by atoms with Gasteiger partial charge in [-0.25, -0.2) is 0 Å². The summed E-state index contributed by atoms with van der Waals surface area (Å²) in [4.78, 5) is 25.4. The highest BCUT2D eigenvalue weighted by atomic mass is 28.4. The first-order valence-corrected chi connectivity index (χ1v) is 12.6. The van der Waals surface area contributed by atoms with Gasteiger partial charge in [-0.3, -0.25) is 4.79 Å². The Balaban J connectivity index is 2.25. The third-order valence-electron chi connectivity index (χ3n) is 6.28. The lowest BCUT2D eigenvalue weighted by molar-refractivity contribution is 0.0615. The average molecular weight is 411 g/mol. The number of rotatable bonds is 7. The van der Waals surface area contributed by atoms with E-state index in [1.54, 1.807) is 17.0 Å². The van der Waals surface area contributed by atoms with Gasteiger partial charge < -0.3 is 30.0 Å². The van der Waals surface area contributed by atoms with Crippen LogP contribution in [0.1, 0.15) is 43.5 Å². The number of benzene rings is 1. The van der Waals surface area contributed by atoms with E-state index in [1.807, 2.05) is 13.1 Å². The van der Waals surface area contributed by atoms with Crippen LogP contribution in [0.4, 0.5) is 5.69 Å². The normalized spacial score (nSPS) is 20.4. The summed E-state index contributed by atoms with van der Waals surface area (Å²) in [6, 6.07) is 2.87. The van der Waals surface area contributed by atoms with Gasteiger partial charge in [-0.05, 0) is 43.5 Å². The molecule has 1 aliphatic heterocycles. The molecule has 1 amide bonds. The first-order valence-electron chi connectivity index (χ1n) is 9.66. The number of nitrogens with two attached hydrogens (primary N) is 1. The minimum Gasteiger partial charge on any atom is -0.493 e. The van der Waals surface area contributed by atoms with Crippen LogP contribution in [0.3, 0.4) is 0 Å². The molecule has 0 saturated carbocycles. The third kappa shape index (κ3) is 4.44. The first-order chi connectivity index (χ1) is 12.9. The fourth-order valence-corrected chi connectivity index (χ4v) is 4.24. The number of ether oxygens (including phenoxy) is 2. The van der Waals surface area contributed by atoms with Crippen LogP contribution in [0, 0.1) is 0 Å². The number of carbonyl (C=O) groups excluding carboxylic acids is 1. The molecule has 28 heavy (non-hydrogen) atoms. The summed E-state index contributed by atoms with van der Waals surface area (Å²) in [7, 11) is 0.661. The SMILES string of the molecule is COc1cc(N)c(C(=O)N2CC[C@H](O)[C@H]2CCC(C)(C)[Si](C)(C)O)cc1OC. The molecule has 0 aromatic heterocycles. The molecule has 4 N–H and O–H groups in total. The van der Waals surface area contributed by atoms with Gasteiger partial charge >= 0.3 is 0 Å². The lowest BCUT2D eigenvalue weighted by Gasteiger charge is -2.37. The van der Waals surface area contributed by atoms with E-state index in [2.05, 4.69) is 13.8 Å². The molecule has 0 radical (unpaired) electrons. The predicted molar refractivity (Wildman–Crippen MR) is 112 cm³/mol. The molecular weight excluding hydrogens is 376 g/mol. The monoisotopic (exact) mass is 410 g/mol. The van der Waals surface area contributed by atoms with E-state index in [0.29, 0.717) is 42.1 Å². The number of hydrogen-bond donors (Lipinski definition) is 3. The van der Waals surface area contributed by atoms with Gasteiger partial charge in [-0.2, -0.15) is 0 Å². The highest BCUT2D eigenvalue weighted by Crippen LogP contribution is 2.42. The van der Waals surface area contributed by atoms with Crippen molar-refractivity contribution in [3.05, 3.63) is 17.7 Å². The zero-order chi connectivity index (χ0) is 21.3. The van der Waals surface area contributed by atoms with Crippen LogP contribution in [-0.4, -0.2) is 61.9 Å². The minimum absolute atomic E-state index is 0.216. The second-order valence-corrected chi connectivity index (χ2v) is 13.2. The average Bonchev–Trinajstić information content (AvgIpc) is 2.98. The van der Waals surface area contributed by atoms with Crippen LogP contribution in [-0.2, 0) is 0 Å². The van der Waals surface area contributed by atoms with E-state index < -0.39 is 14.4 Å². The molecule has 2 atom stereocenters. The quantitative estimate of drug-likeness (QED) is 0.471. The number of likely N-dealkylation sites (tertiary alicyclic amines) is 1. The van der Waals surface area contributed by atoms with E-state index in [4.69, 9.17) is 15.2 Å². The van der Waals surface area contributed by atoms with Crippen molar-refractivity contribution in [3.63, 3.8) is 0 Å². The van der Waals surface area contributed by atoms with Crippen LogP contribution >= 0.6 is 0 Å². The standard InChI is InChI=1S/C20H34N2O5Si/c1-20(2,28(5,6)25)9-7-15-16(23)8-10-22(15)19(24)13-11-17(26-3)18(27-4)12-14(13)21/h11-12,15-16,23,25H,7-10,21H2,1-6H3/t15-,16+/m1/s1. The summed E-state index contributed by atoms with van der Waals surface area (Å²) >= 11 is 0. The number of amides is 1. The van der Waals surface area contributed by atoms with E-state index in [1.165, 1.54) is 14.2 Å². The van der Waals surface area contributed by atoms with Crippen molar-refractivity contribution in [1.29, 1.82) is 0 Å². The predicted octanol–water partition coefficient (Wildman–Crippen LogP) is 2.62. The van der Waals surface area contributed by atoms with Crippen LogP contribution in [0.5, 0.6) is 11.5 Å². The van der Waals surface area contributed by atoms with Crippen molar-refractivity contribution < 1.29 is 24.2 Å². The molecule has 1 fully saturated rings. The van der Waals surface area contributed by atoms with Gasteiger partial charge in [0.2, 0.25) is 0 Å². The molecule has 1 aliphatic rings. The summed E-state index contributed by atoms with van der Waals surface area (Å²) in [6.07, 6.45) is 1.31. The fraction of sp³-hybridized carbons (Fsp3) is 0.650. The maximum atomic E-state index is 13.2. The third-order valence-corrected chi connectivity index (χ3v) is 9.84. The van der Waals surface area contributed by atoms with Crippen molar-refractivity contribution in [2.24, 2.45) is 0 Å². The summed E-state index contributed by atoms with van der Waals surface area (Å²) in [5, 5.41) is 10.3. The van der Waals surface area contributed by atoms with Crippen LogP contribution in [0.25, 0.3) is 0 Å². The van der Waals surface area contributed by atoms with Crippen molar-refractivity contribution in [3.8, 4) is 11.5 Å². The van der Waals surface area contributed by atoms with Crippen LogP contribution < -0.4 is 15.2 Å². The Bertz CT molecular complexity index is 717. The summed E-state index contributed by atoms with van der Waals surface area (Å²) in [5.74, 6) is 0.676. The molecule has 8 heteroatoms.